The standard InChI is InChI=1S/C7H13NO2.ClH/c9-7(10)6-3-1-2-4-8-5-6;/h6,8H,1-5H2,(H,9,10);1H/t6-;/m1./s1. The van der Waals surface area contributed by atoms with Gasteiger partial charge < -0.3 is 10.4 Å². The van der Waals surface area contributed by atoms with Gasteiger partial charge in [-0.25, -0.2) is 0 Å². The Bertz CT molecular complexity index is 122. The van der Waals surface area contributed by atoms with Crippen LogP contribution < -0.4 is 5.32 Å². The van der Waals surface area contributed by atoms with Crippen LogP contribution in [0.1, 0.15) is 19.3 Å². The van der Waals surface area contributed by atoms with Crippen LogP contribution in [0.2, 0.25) is 0 Å². The summed E-state index contributed by atoms with van der Waals surface area (Å²) in [5, 5.41) is 11.7. The van der Waals surface area contributed by atoms with Gasteiger partial charge in [0.1, 0.15) is 0 Å². The van der Waals surface area contributed by atoms with Crippen molar-refractivity contribution in [3.05, 3.63) is 0 Å². The second kappa shape index (κ2) is 5.38. The van der Waals surface area contributed by atoms with E-state index in [-0.39, 0.29) is 18.3 Å². The summed E-state index contributed by atoms with van der Waals surface area (Å²) in [6, 6.07) is 0. The number of rotatable bonds is 1. The molecule has 1 aliphatic rings. The zero-order chi connectivity index (χ0) is 7.40. The average molecular weight is 180 g/mol. The van der Waals surface area contributed by atoms with Gasteiger partial charge >= 0.3 is 5.97 Å². The SMILES string of the molecule is Cl.O=C(O)[C@@H]1CCCCNC1. The maximum atomic E-state index is 10.5. The summed E-state index contributed by atoms with van der Waals surface area (Å²) in [5.41, 5.74) is 0. The maximum Gasteiger partial charge on any atom is 0.307 e. The second-order valence-electron chi connectivity index (χ2n) is 2.74. The Hall–Kier alpha value is -0.280. The highest BCUT2D eigenvalue weighted by atomic mass is 35.5. The minimum absolute atomic E-state index is 0. The van der Waals surface area contributed by atoms with E-state index in [1.807, 2.05) is 0 Å². The van der Waals surface area contributed by atoms with Crippen molar-refractivity contribution in [2.24, 2.45) is 5.92 Å². The van der Waals surface area contributed by atoms with Crippen molar-refractivity contribution < 1.29 is 9.90 Å². The zero-order valence-electron chi connectivity index (χ0n) is 6.38. The number of halogens is 1. The molecule has 0 saturated carbocycles. The van der Waals surface area contributed by atoms with Crippen molar-refractivity contribution in [1.29, 1.82) is 0 Å². The maximum absolute atomic E-state index is 10.5. The molecule has 66 valence electrons. The number of carbonyl (C=O) groups is 1. The molecule has 1 heterocycles. The van der Waals surface area contributed by atoms with Gasteiger partial charge in [-0.2, -0.15) is 0 Å². The molecular weight excluding hydrogens is 166 g/mol. The lowest BCUT2D eigenvalue weighted by Gasteiger charge is -2.06. The summed E-state index contributed by atoms with van der Waals surface area (Å²) < 4.78 is 0. The van der Waals surface area contributed by atoms with Crippen LogP contribution in [0, 0.1) is 5.92 Å². The van der Waals surface area contributed by atoms with Gasteiger partial charge in [0.25, 0.3) is 0 Å². The summed E-state index contributed by atoms with van der Waals surface area (Å²) in [4.78, 5) is 10.5. The number of hydrogen-bond acceptors (Lipinski definition) is 2. The molecule has 3 nitrogen and oxygen atoms in total. The minimum Gasteiger partial charge on any atom is -0.481 e. The fourth-order valence-electron chi connectivity index (χ4n) is 1.23. The lowest BCUT2D eigenvalue weighted by Crippen LogP contribution is -2.26. The molecule has 1 saturated heterocycles. The molecule has 1 rings (SSSR count). The van der Waals surface area contributed by atoms with Crippen molar-refractivity contribution in [3.8, 4) is 0 Å². The van der Waals surface area contributed by atoms with Gasteiger partial charge in [-0.3, -0.25) is 4.79 Å². The Kier molecular flexibility index (Phi) is 5.24. The molecule has 0 aromatic carbocycles. The number of carboxylic acid groups (broad SMARTS) is 1. The predicted octanol–water partition coefficient (Wildman–Crippen LogP) is 0.882. The van der Waals surface area contributed by atoms with Crippen LogP contribution in [-0.4, -0.2) is 24.2 Å². The first-order valence-electron chi connectivity index (χ1n) is 3.74. The highest BCUT2D eigenvalue weighted by Crippen LogP contribution is 2.10. The zero-order valence-corrected chi connectivity index (χ0v) is 7.19. The summed E-state index contributed by atoms with van der Waals surface area (Å²) >= 11 is 0. The molecule has 2 N–H and O–H groups in total. The predicted molar refractivity (Wildman–Crippen MR) is 45.1 cm³/mol. The molecule has 1 fully saturated rings. The number of nitrogens with one attached hydrogen (secondary N) is 1. The highest BCUT2D eigenvalue weighted by molar-refractivity contribution is 5.85. The number of hydrogen-bond donors (Lipinski definition) is 2. The second-order valence-corrected chi connectivity index (χ2v) is 2.74. The molecule has 0 bridgehead atoms. The lowest BCUT2D eigenvalue weighted by molar-refractivity contribution is -0.141. The van der Waals surface area contributed by atoms with Crippen molar-refractivity contribution >= 4 is 18.4 Å². The molecule has 1 atom stereocenters. The molecule has 0 amide bonds. The first-order valence-corrected chi connectivity index (χ1v) is 3.74. The third-order valence-corrected chi connectivity index (χ3v) is 1.90. The molecule has 0 aromatic heterocycles. The molecule has 1 aliphatic heterocycles. The fraction of sp³-hybridized carbons (Fsp3) is 0.857. The van der Waals surface area contributed by atoms with Crippen LogP contribution in [0.25, 0.3) is 0 Å². The average Bonchev–Trinajstić information content (AvgIpc) is 2.12. The van der Waals surface area contributed by atoms with Crippen LogP contribution >= 0.6 is 12.4 Å². The van der Waals surface area contributed by atoms with Crippen molar-refractivity contribution in [3.63, 3.8) is 0 Å². The Balaban J connectivity index is 0.000001000. The van der Waals surface area contributed by atoms with E-state index in [4.69, 9.17) is 5.11 Å². The van der Waals surface area contributed by atoms with Crippen LogP contribution in [0.5, 0.6) is 0 Å². The number of carboxylic acids is 1. The van der Waals surface area contributed by atoms with E-state index >= 15 is 0 Å². The van der Waals surface area contributed by atoms with E-state index < -0.39 is 5.97 Å². The molecule has 0 unspecified atom stereocenters. The first kappa shape index (κ1) is 10.7. The Labute approximate surface area is 72.6 Å². The van der Waals surface area contributed by atoms with Gasteiger partial charge in [-0.05, 0) is 19.4 Å². The van der Waals surface area contributed by atoms with Crippen LogP contribution in [0.15, 0.2) is 0 Å². The van der Waals surface area contributed by atoms with Crippen LogP contribution in [0.4, 0.5) is 0 Å². The van der Waals surface area contributed by atoms with E-state index in [9.17, 15) is 4.79 Å². The monoisotopic (exact) mass is 179 g/mol. The number of aliphatic carboxylic acids is 1. The Morgan fingerprint density at radius 3 is 2.82 bits per heavy atom. The molecule has 0 aromatic rings. The van der Waals surface area contributed by atoms with Crippen LogP contribution in [0.3, 0.4) is 0 Å². The van der Waals surface area contributed by atoms with Gasteiger partial charge in [0.05, 0.1) is 5.92 Å². The van der Waals surface area contributed by atoms with Crippen LogP contribution in [-0.2, 0) is 4.79 Å². The molecule has 11 heavy (non-hydrogen) atoms. The van der Waals surface area contributed by atoms with Crippen molar-refractivity contribution in [2.45, 2.75) is 19.3 Å². The summed E-state index contributed by atoms with van der Waals surface area (Å²) in [7, 11) is 0. The quantitative estimate of drug-likeness (QED) is 0.629. The molecule has 0 radical (unpaired) electrons. The molecular formula is C7H14ClNO2. The summed E-state index contributed by atoms with van der Waals surface area (Å²) in [6.07, 6.45) is 3.00. The topological polar surface area (TPSA) is 49.3 Å². The largest absolute Gasteiger partial charge is 0.481 e. The minimum atomic E-state index is -0.658. The fourth-order valence-corrected chi connectivity index (χ4v) is 1.23. The molecule has 4 heteroatoms. The van der Waals surface area contributed by atoms with E-state index in [2.05, 4.69) is 5.32 Å². The van der Waals surface area contributed by atoms with Gasteiger partial charge in [0.15, 0.2) is 0 Å². The highest BCUT2D eigenvalue weighted by Gasteiger charge is 2.17. The van der Waals surface area contributed by atoms with E-state index in [0.29, 0.717) is 6.54 Å². The third kappa shape index (κ3) is 3.58. The van der Waals surface area contributed by atoms with Crippen molar-refractivity contribution in [1.82, 2.24) is 5.32 Å². The van der Waals surface area contributed by atoms with Gasteiger partial charge in [-0.15, -0.1) is 12.4 Å². The molecule has 0 aliphatic carbocycles. The van der Waals surface area contributed by atoms with Gasteiger partial charge in [0, 0.05) is 6.54 Å². The summed E-state index contributed by atoms with van der Waals surface area (Å²) in [5.74, 6) is -0.808. The molecule has 0 spiro atoms. The van der Waals surface area contributed by atoms with Gasteiger partial charge in [-0.1, -0.05) is 6.42 Å². The smallest absolute Gasteiger partial charge is 0.307 e. The normalized spacial score (nSPS) is 24.9. The van der Waals surface area contributed by atoms with E-state index in [1.54, 1.807) is 0 Å². The lowest BCUT2D eigenvalue weighted by atomic mass is 10.0. The Morgan fingerprint density at radius 1 is 1.45 bits per heavy atom. The first-order chi connectivity index (χ1) is 4.80. The van der Waals surface area contributed by atoms with E-state index in [0.717, 1.165) is 25.8 Å². The van der Waals surface area contributed by atoms with Gasteiger partial charge in [0.2, 0.25) is 0 Å². The van der Waals surface area contributed by atoms with E-state index in [1.165, 1.54) is 0 Å². The Morgan fingerprint density at radius 2 is 2.18 bits per heavy atom. The third-order valence-electron chi connectivity index (χ3n) is 1.90. The van der Waals surface area contributed by atoms with Crippen molar-refractivity contribution in [2.75, 3.05) is 13.1 Å². The summed E-state index contributed by atoms with van der Waals surface area (Å²) in [6.45, 7) is 1.62.